The van der Waals surface area contributed by atoms with E-state index in [1.807, 2.05) is 66.7 Å². The predicted molar refractivity (Wildman–Crippen MR) is 104 cm³/mol. The summed E-state index contributed by atoms with van der Waals surface area (Å²) in [5.74, 6) is -0.439. The molecule has 3 aromatic carbocycles. The lowest BCUT2D eigenvalue weighted by Gasteiger charge is -2.18. The fourth-order valence-electron chi connectivity index (χ4n) is 2.60. The van der Waals surface area contributed by atoms with E-state index in [-0.39, 0.29) is 0 Å². The standard InChI is InChI=1S/C20H16Cl2N2O/c21-17-10-9-15(12-18(17)22)14-7-4-8-16(11-14)24-19(20(23)25)13-5-2-1-3-6-13/h1-12,19,24H,(H2,23,25). The molecule has 0 saturated carbocycles. The zero-order chi connectivity index (χ0) is 17.8. The average molecular weight is 371 g/mol. The molecule has 25 heavy (non-hydrogen) atoms. The number of halogens is 2. The van der Waals surface area contributed by atoms with Gasteiger partial charge in [-0.25, -0.2) is 0 Å². The van der Waals surface area contributed by atoms with Crippen molar-refractivity contribution in [3.8, 4) is 11.1 Å². The molecule has 3 nitrogen and oxygen atoms in total. The van der Waals surface area contributed by atoms with Crippen LogP contribution in [0.3, 0.4) is 0 Å². The summed E-state index contributed by atoms with van der Waals surface area (Å²) in [4.78, 5) is 11.9. The molecule has 0 aliphatic carbocycles. The van der Waals surface area contributed by atoms with Gasteiger partial charge in [0.1, 0.15) is 6.04 Å². The van der Waals surface area contributed by atoms with Crippen LogP contribution in [0.25, 0.3) is 11.1 Å². The topological polar surface area (TPSA) is 55.1 Å². The number of carbonyl (C=O) groups is 1. The summed E-state index contributed by atoms with van der Waals surface area (Å²) < 4.78 is 0. The van der Waals surface area contributed by atoms with Gasteiger partial charge in [0, 0.05) is 5.69 Å². The molecule has 0 saturated heterocycles. The molecule has 5 heteroatoms. The monoisotopic (exact) mass is 370 g/mol. The number of rotatable bonds is 5. The van der Waals surface area contributed by atoms with E-state index in [0.717, 1.165) is 22.4 Å². The largest absolute Gasteiger partial charge is 0.370 e. The van der Waals surface area contributed by atoms with E-state index in [2.05, 4.69) is 5.32 Å². The van der Waals surface area contributed by atoms with E-state index in [9.17, 15) is 4.79 Å². The number of hydrogen-bond acceptors (Lipinski definition) is 2. The van der Waals surface area contributed by atoms with Gasteiger partial charge in [0.2, 0.25) is 5.91 Å². The lowest BCUT2D eigenvalue weighted by molar-refractivity contribution is -0.118. The average Bonchev–Trinajstić information content (AvgIpc) is 2.63. The van der Waals surface area contributed by atoms with Gasteiger partial charge in [-0.05, 0) is 41.0 Å². The smallest absolute Gasteiger partial charge is 0.244 e. The summed E-state index contributed by atoms with van der Waals surface area (Å²) in [6, 6.07) is 21.9. The van der Waals surface area contributed by atoms with E-state index in [0.29, 0.717) is 10.0 Å². The third-order valence-corrected chi connectivity index (χ3v) is 4.58. The lowest BCUT2D eigenvalue weighted by atomic mass is 10.0. The van der Waals surface area contributed by atoms with Gasteiger partial charge in [-0.3, -0.25) is 4.79 Å². The van der Waals surface area contributed by atoms with Crippen molar-refractivity contribution in [3.05, 3.63) is 88.4 Å². The maximum absolute atomic E-state index is 11.9. The fraction of sp³-hybridized carbons (Fsp3) is 0.0500. The van der Waals surface area contributed by atoms with Gasteiger partial charge in [-0.2, -0.15) is 0 Å². The molecule has 1 unspecified atom stereocenters. The third-order valence-electron chi connectivity index (χ3n) is 3.84. The van der Waals surface area contributed by atoms with Gasteiger partial charge in [-0.15, -0.1) is 0 Å². The summed E-state index contributed by atoms with van der Waals surface area (Å²) in [7, 11) is 0. The Morgan fingerprint density at radius 2 is 1.56 bits per heavy atom. The minimum atomic E-state index is -0.606. The first-order valence-corrected chi connectivity index (χ1v) is 8.46. The molecule has 3 N–H and O–H groups in total. The Morgan fingerprint density at radius 1 is 0.840 bits per heavy atom. The predicted octanol–water partition coefficient (Wildman–Crippen LogP) is 5.30. The van der Waals surface area contributed by atoms with Crippen molar-refractivity contribution >= 4 is 34.8 Å². The highest BCUT2D eigenvalue weighted by atomic mass is 35.5. The SMILES string of the molecule is NC(=O)C(Nc1cccc(-c2ccc(Cl)c(Cl)c2)c1)c1ccccc1. The number of carbonyl (C=O) groups excluding carboxylic acids is 1. The lowest BCUT2D eigenvalue weighted by Crippen LogP contribution is -2.27. The summed E-state index contributed by atoms with van der Waals surface area (Å²) in [6.07, 6.45) is 0. The highest BCUT2D eigenvalue weighted by Gasteiger charge is 2.17. The molecule has 3 rings (SSSR count). The molecular formula is C20H16Cl2N2O. The second-order valence-electron chi connectivity index (χ2n) is 5.60. The van der Waals surface area contributed by atoms with E-state index in [1.165, 1.54) is 0 Å². The minimum absolute atomic E-state index is 0.439. The molecule has 0 aliphatic rings. The van der Waals surface area contributed by atoms with Crippen LogP contribution in [0.2, 0.25) is 10.0 Å². The highest BCUT2D eigenvalue weighted by Crippen LogP contribution is 2.30. The first-order valence-electron chi connectivity index (χ1n) is 7.71. The molecule has 3 aromatic rings. The summed E-state index contributed by atoms with van der Waals surface area (Å²) >= 11 is 12.1. The Hall–Kier alpha value is -2.49. The zero-order valence-corrected chi connectivity index (χ0v) is 14.8. The maximum Gasteiger partial charge on any atom is 0.244 e. The van der Waals surface area contributed by atoms with Crippen LogP contribution < -0.4 is 11.1 Å². The number of nitrogens with one attached hydrogen (secondary N) is 1. The van der Waals surface area contributed by atoms with E-state index >= 15 is 0 Å². The van der Waals surface area contributed by atoms with Gasteiger partial charge in [0.15, 0.2) is 0 Å². The molecule has 0 fully saturated rings. The molecule has 1 atom stereocenters. The highest BCUT2D eigenvalue weighted by molar-refractivity contribution is 6.42. The van der Waals surface area contributed by atoms with Crippen molar-refractivity contribution in [3.63, 3.8) is 0 Å². The summed E-state index contributed by atoms with van der Waals surface area (Å²) in [5, 5.41) is 4.21. The van der Waals surface area contributed by atoms with Gasteiger partial charge in [-0.1, -0.05) is 71.7 Å². The van der Waals surface area contributed by atoms with Crippen LogP contribution >= 0.6 is 23.2 Å². The molecule has 1 amide bonds. The second kappa shape index (κ2) is 7.60. The van der Waals surface area contributed by atoms with Gasteiger partial charge in [0.25, 0.3) is 0 Å². The minimum Gasteiger partial charge on any atom is -0.370 e. The molecule has 0 aliphatic heterocycles. The molecule has 0 heterocycles. The van der Waals surface area contributed by atoms with E-state index in [4.69, 9.17) is 28.9 Å². The Kier molecular flexibility index (Phi) is 5.27. The van der Waals surface area contributed by atoms with Gasteiger partial charge < -0.3 is 11.1 Å². The van der Waals surface area contributed by atoms with Crippen LogP contribution in [-0.4, -0.2) is 5.91 Å². The van der Waals surface area contributed by atoms with Crippen molar-refractivity contribution < 1.29 is 4.79 Å². The summed E-state index contributed by atoms with van der Waals surface area (Å²) in [5.41, 5.74) is 9.07. The Bertz CT molecular complexity index is 897. The first-order chi connectivity index (χ1) is 12.0. The van der Waals surface area contributed by atoms with Crippen LogP contribution in [0, 0.1) is 0 Å². The number of nitrogens with two attached hydrogens (primary N) is 1. The quantitative estimate of drug-likeness (QED) is 0.640. The number of amides is 1. The number of benzene rings is 3. The van der Waals surface area contributed by atoms with Crippen LogP contribution in [-0.2, 0) is 4.79 Å². The number of anilines is 1. The fourth-order valence-corrected chi connectivity index (χ4v) is 2.89. The van der Waals surface area contributed by atoms with Crippen LogP contribution in [0.15, 0.2) is 72.8 Å². The Labute approximate surface area is 156 Å². The molecule has 0 spiro atoms. The normalized spacial score (nSPS) is 11.8. The molecule has 126 valence electrons. The van der Waals surface area contributed by atoms with E-state index in [1.54, 1.807) is 6.07 Å². The summed E-state index contributed by atoms with van der Waals surface area (Å²) in [6.45, 7) is 0. The maximum atomic E-state index is 11.9. The van der Waals surface area contributed by atoms with Crippen LogP contribution in [0.5, 0.6) is 0 Å². The van der Waals surface area contributed by atoms with Crippen molar-refractivity contribution in [2.24, 2.45) is 5.73 Å². The molecule has 0 bridgehead atoms. The van der Waals surface area contributed by atoms with Crippen LogP contribution in [0.1, 0.15) is 11.6 Å². The molecule has 0 aromatic heterocycles. The van der Waals surface area contributed by atoms with Crippen molar-refractivity contribution in [2.45, 2.75) is 6.04 Å². The van der Waals surface area contributed by atoms with Crippen LogP contribution in [0.4, 0.5) is 5.69 Å². The third kappa shape index (κ3) is 4.13. The van der Waals surface area contributed by atoms with E-state index < -0.39 is 11.9 Å². The van der Waals surface area contributed by atoms with Gasteiger partial charge in [0.05, 0.1) is 10.0 Å². The molecule has 0 radical (unpaired) electrons. The zero-order valence-electron chi connectivity index (χ0n) is 13.2. The first kappa shape index (κ1) is 17.3. The van der Waals surface area contributed by atoms with Crippen molar-refractivity contribution in [1.29, 1.82) is 0 Å². The van der Waals surface area contributed by atoms with Crippen molar-refractivity contribution in [2.75, 3.05) is 5.32 Å². The van der Waals surface area contributed by atoms with Crippen molar-refractivity contribution in [1.82, 2.24) is 0 Å². The molecular weight excluding hydrogens is 355 g/mol. The number of hydrogen-bond donors (Lipinski definition) is 2. The number of primary amides is 1. The second-order valence-corrected chi connectivity index (χ2v) is 6.41. The Balaban J connectivity index is 1.90. The van der Waals surface area contributed by atoms with Gasteiger partial charge >= 0.3 is 0 Å². The Morgan fingerprint density at radius 3 is 2.24 bits per heavy atom.